The molecule has 0 saturated carbocycles. The Morgan fingerprint density at radius 1 is 1.38 bits per heavy atom. The molecule has 0 atom stereocenters. The summed E-state index contributed by atoms with van der Waals surface area (Å²) in [7, 11) is 1.88. The number of nitrogens with zero attached hydrogens (tertiary/aromatic N) is 2. The highest BCUT2D eigenvalue weighted by Gasteiger charge is 2.21. The van der Waals surface area contributed by atoms with Crippen molar-refractivity contribution < 1.29 is 4.79 Å². The minimum Gasteiger partial charge on any atom is -0.399 e. The van der Waals surface area contributed by atoms with Crippen molar-refractivity contribution in [2.45, 2.75) is 32.1 Å². The smallest absolute Gasteiger partial charge is 0.225 e. The molecule has 1 aromatic heterocycles. The number of amides is 1. The van der Waals surface area contributed by atoms with Crippen molar-refractivity contribution in [2.24, 2.45) is 7.05 Å². The van der Waals surface area contributed by atoms with Gasteiger partial charge in [0.15, 0.2) is 0 Å². The zero-order valence-corrected chi connectivity index (χ0v) is 12.2. The quantitative estimate of drug-likeness (QED) is 0.844. The normalized spacial score (nSPS) is 13.2. The van der Waals surface area contributed by atoms with Crippen LogP contribution in [0.4, 0.5) is 11.5 Å². The highest BCUT2D eigenvalue weighted by atomic mass is 16.1. The first-order valence-electron chi connectivity index (χ1n) is 7.33. The Hall–Kier alpha value is -2.30. The summed E-state index contributed by atoms with van der Waals surface area (Å²) in [5.74, 6) is 0.865. The van der Waals surface area contributed by atoms with Gasteiger partial charge in [0.1, 0.15) is 5.82 Å². The van der Waals surface area contributed by atoms with E-state index in [1.165, 1.54) is 5.56 Å². The Balaban J connectivity index is 1.64. The molecule has 3 N–H and O–H groups in total. The number of nitrogen functional groups attached to an aromatic ring is 1. The number of carbonyl (C=O) groups excluding carboxylic acids is 1. The van der Waals surface area contributed by atoms with E-state index in [-0.39, 0.29) is 5.91 Å². The lowest BCUT2D eigenvalue weighted by atomic mass is 10.1. The van der Waals surface area contributed by atoms with E-state index < -0.39 is 0 Å². The van der Waals surface area contributed by atoms with Crippen LogP contribution in [-0.4, -0.2) is 15.7 Å². The van der Waals surface area contributed by atoms with E-state index >= 15 is 0 Å². The van der Waals surface area contributed by atoms with Gasteiger partial charge in [-0.3, -0.25) is 9.48 Å². The summed E-state index contributed by atoms with van der Waals surface area (Å²) in [6.45, 7) is 0. The van der Waals surface area contributed by atoms with Crippen molar-refractivity contribution >= 4 is 17.4 Å². The zero-order chi connectivity index (χ0) is 14.8. The molecule has 5 nitrogen and oxygen atoms in total. The fourth-order valence-corrected chi connectivity index (χ4v) is 2.88. The largest absolute Gasteiger partial charge is 0.399 e. The molecule has 3 rings (SSSR count). The van der Waals surface area contributed by atoms with Gasteiger partial charge in [0.2, 0.25) is 5.91 Å². The van der Waals surface area contributed by atoms with Crippen molar-refractivity contribution in [3.63, 3.8) is 0 Å². The van der Waals surface area contributed by atoms with E-state index in [0.29, 0.717) is 12.8 Å². The molecule has 21 heavy (non-hydrogen) atoms. The van der Waals surface area contributed by atoms with Crippen LogP contribution < -0.4 is 11.1 Å². The van der Waals surface area contributed by atoms with Crippen LogP contribution in [0.15, 0.2) is 24.3 Å². The average Bonchev–Trinajstić information content (AvgIpc) is 3.01. The van der Waals surface area contributed by atoms with E-state index in [9.17, 15) is 4.79 Å². The van der Waals surface area contributed by atoms with Crippen LogP contribution in [0.3, 0.4) is 0 Å². The van der Waals surface area contributed by atoms with E-state index in [1.54, 1.807) is 4.68 Å². The highest BCUT2D eigenvalue weighted by Crippen LogP contribution is 2.28. The van der Waals surface area contributed by atoms with Crippen LogP contribution in [0.5, 0.6) is 0 Å². The number of benzene rings is 1. The molecule has 2 aromatic rings. The van der Waals surface area contributed by atoms with Crippen LogP contribution >= 0.6 is 0 Å². The Kier molecular flexibility index (Phi) is 3.64. The van der Waals surface area contributed by atoms with Gasteiger partial charge in [0, 0.05) is 24.7 Å². The topological polar surface area (TPSA) is 72.9 Å². The van der Waals surface area contributed by atoms with Gasteiger partial charge in [0.05, 0.1) is 5.69 Å². The molecule has 1 aromatic carbocycles. The lowest BCUT2D eigenvalue weighted by Gasteiger charge is -2.08. The number of anilines is 2. The second-order valence-corrected chi connectivity index (χ2v) is 5.50. The van der Waals surface area contributed by atoms with Crippen LogP contribution in [0, 0.1) is 0 Å². The van der Waals surface area contributed by atoms with Gasteiger partial charge in [-0.05, 0) is 37.3 Å². The molecule has 1 aliphatic carbocycles. The van der Waals surface area contributed by atoms with Gasteiger partial charge in [0.25, 0.3) is 0 Å². The minimum absolute atomic E-state index is 0.0101. The lowest BCUT2D eigenvalue weighted by Crippen LogP contribution is -2.16. The monoisotopic (exact) mass is 284 g/mol. The number of hydrogen-bond acceptors (Lipinski definition) is 3. The highest BCUT2D eigenvalue weighted by molar-refractivity contribution is 5.91. The maximum atomic E-state index is 12.2. The van der Waals surface area contributed by atoms with E-state index in [2.05, 4.69) is 10.4 Å². The van der Waals surface area contributed by atoms with Gasteiger partial charge in [-0.15, -0.1) is 0 Å². The van der Waals surface area contributed by atoms with Crippen LogP contribution in [0.25, 0.3) is 0 Å². The SMILES string of the molecule is Cn1nc2c(c1NC(=O)CCc1ccccc1N)CCC2. The number of para-hydroxylation sites is 1. The van der Waals surface area contributed by atoms with Gasteiger partial charge >= 0.3 is 0 Å². The molecule has 1 aliphatic rings. The number of nitrogens with two attached hydrogens (primary N) is 1. The Labute approximate surface area is 124 Å². The number of aryl methyl sites for hydroxylation is 3. The molecule has 0 saturated heterocycles. The summed E-state index contributed by atoms with van der Waals surface area (Å²) in [4.78, 5) is 12.2. The molecule has 0 aliphatic heterocycles. The van der Waals surface area contributed by atoms with Crippen molar-refractivity contribution in [2.75, 3.05) is 11.1 Å². The Bertz CT molecular complexity index is 675. The average molecular weight is 284 g/mol. The molecule has 1 heterocycles. The fourth-order valence-electron chi connectivity index (χ4n) is 2.88. The molecule has 0 unspecified atom stereocenters. The van der Waals surface area contributed by atoms with Gasteiger partial charge in [-0.1, -0.05) is 18.2 Å². The number of nitrogens with one attached hydrogen (secondary N) is 1. The van der Waals surface area contributed by atoms with Crippen molar-refractivity contribution in [3.8, 4) is 0 Å². The summed E-state index contributed by atoms with van der Waals surface area (Å²) in [6, 6.07) is 7.67. The first kappa shape index (κ1) is 13.7. The first-order chi connectivity index (χ1) is 10.1. The Morgan fingerprint density at radius 2 is 2.19 bits per heavy atom. The van der Waals surface area contributed by atoms with E-state index in [0.717, 1.165) is 42.0 Å². The summed E-state index contributed by atoms with van der Waals surface area (Å²) in [5, 5.41) is 7.46. The zero-order valence-electron chi connectivity index (χ0n) is 12.2. The Morgan fingerprint density at radius 3 is 3.00 bits per heavy atom. The van der Waals surface area contributed by atoms with Crippen molar-refractivity contribution in [3.05, 3.63) is 41.1 Å². The molecule has 0 fully saturated rings. The third kappa shape index (κ3) is 2.77. The third-order valence-corrected chi connectivity index (χ3v) is 4.00. The number of hydrogen-bond donors (Lipinski definition) is 2. The number of fused-ring (bicyclic) bond motifs is 1. The second-order valence-electron chi connectivity index (χ2n) is 5.50. The van der Waals surface area contributed by atoms with E-state index in [4.69, 9.17) is 5.73 Å². The molecular weight excluding hydrogens is 264 g/mol. The summed E-state index contributed by atoms with van der Waals surface area (Å²) in [5.41, 5.74) is 9.98. The number of carbonyl (C=O) groups is 1. The molecule has 0 bridgehead atoms. The standard InChI is InChI=1S/C16H20N4O/c1-20-16(12-6-4-8-14(12)19-20)18-15(21)10-9-11-5-2-3-7-13(11)17/h2-3,5,7H,4,6,8-10,17H2,1H3,(H,18,21). The summed E-state index contributed by atoms with van der Waals surface area (Å²) < 4.78 is 1.78. The molecule has 0 radical (unpaired) electrons. The van der Waals surface area contributed by atoms with Crippen molar-refractivity contribution in [1.82, 2.24) is 9.78 Å². The van der Waals surface area contributed by atoms with Gasteiger partial charge < -0.3 is 11.1 Å². The molecule has 110 valence electrons. The minimum atomic E-state index is 0.0101. The summed E-state index contributed by atoms with van der Waals surface area (Å²) in [6.07, 6.45) is 4.22. The number of aromatic nitrogens is 2. The summed E-state index contributed by atoms with van der Waals surface area (Å²) >= 11 is 0. The van der Waals surface area contributed by atoms with Gasteiger partial charge in [-0.2, -0.15) is 5.10 Å². The van der Waals surface area contributed by atoms with E-state index in [1.807, 2.05) is 31.3 Å². The van der Waals surface area contributed by atoms with Crippen LogP contribution in [-0.2, 0) is 31.1 Å². The van der Waals surface area contributed by atoms with Crippen molar-refractivity contribution in [1.29, 1.82) is 0 Å². The second kappa shape index (κ2) is 5.60. The predicted molar refractivity (Wildman–Crippen MR) is 83.0 cm³/mol. The molecule has 1 amide bonds. The van der Waals surface area contributed by atoms with Crippen LogP contribution in [0.2, 0.25) is 0 Å². The molecule has 0 spiro atoms. The maximum Gasteiger partial charge on any atom is 0.225 e. The fraction of sp³-hybridized carbons (Fsp3) is 0.375. The van der Waals surface area contributed by atoms with Crippen LogP contribution in [0.1, 0.15) is 29.7 Å². The predicted octanol–water partition coefficient (Wildman–Crippen LogP) is 2.06. The number of rotatable bonds is 4. The molecule has 5 heteroatoms. The molecular formula is C16H20N4O. The lowest BCUT2D eigenvalue weighted by molar-refractivity contribution is -0.116. The first-order valence-corrected chi connectivity index (χ1v) is 7.33. The van der Waals surface area contributed by atoms with Gasteiger partial charge in [-0.25, -0.2) is 0 Å². The maximum absolute atomic E-state index is 12.2. The third-order valence-electron chi connectivity index (χ3n) is 4.00.